The maximum Gasteiger partial charge on any atom is 0.392 e. The topological polar surface area (TPSA) is 72.6 Å². The molecule has 2 rings (SSSR count). The Morgan fingerprint density at radius 2 is 2.31 bits per heavy atom. The molecule has 1 N–H and O–H groups in total. The van der Waals surface area contributed by atoms with Crippen molar-refractivity contribution in [3.63, 3.8) is 0 Å². The van der Waals surface area contributed by atoms with E-state index in [1.807, 2.05) is 0 Å². The van der Waals surface area contributed by atoms with Crippen LogP contribution in [0.4, 0.5) is 0 Å². The summed E-state index contributed by atoms with van der Waals surface area (Å²) in [6.45, 7) is 0. The van der Waals surface area contributed by atoms with Gasteiger partial charge in [0.2, 0.25) is 0 Å². The van der Waals surface area contributed by atoms with E-state index in [1.54, 1.807) is 31.4 Å². The number of aromatic carboxylic acids is 1. The number of rotatable bonds is 3. The van der Waals surface area contributed by atoms with Gasteiger partial charge in [-0.15, -0.1) is 0 Å². The highest BCUT2D eigenvalue weighted by molar-refractivity contribution is 5.82. The monoisotopic (exact) mass is 219 g/mol. The molecule has 82 valence electrons. The minimum atomic E-state index is -1.19. The molecule has 0 saturated carbocycles. The summed E-state index contributed by atoms with van der Waals surface area (Å²) >= 11 is 0. The van der Waals surface area contributed by atoms with Crippen LogP contribution in [-0.2, 0) is 0 Å². The molecule has 0 atom stereocenters. The fraction of sp³-hybridized carbons (Fsp3) is 0.0909. The highest BCUT2D eigenvalue weighted by atomic mass is 16.5. The molecule has 0 unspecified atom stereocenters. The van der Waals surface area contributed by atoms with Gasteiger partial charge in [-0.1, -0.05) is 12.1 Å². The largest absolute Gasteiger partial charge is 0.497 e. The molecule has 1 heterocycles. The first-order valence-corrected chi connectivity index (χ1v) is 4.54. The quantitative estimate of drug-likeness (QED) is 0.855. The first-order chi connectivity index (χ1) is 7.70. The standard InChI is InChI=1S/C11H9NO4/c1-15-8-4-2-3-7(5-8)9-6-12-10(16-9)11(13)14/h2-6H,1H3,(H,13,14). The molecule has 1 aromatic carbocycles. The zero-order valence-electron chi connectivity index (χ0n) is 8.51. The first-order valence-electron chi connectivity index (χ1n) is 4.54. The summed E-state index contributed by atoms with van der Waals surface area (Å²) in [4.78, 5) is 14.2. The number of ether oxygens (including phenoxy) is 1. The number of oxazole rings is 1. The van der Waals surface area contributed by atoms with E-state index in [1.165, 1.54) is 6.20 Å². The number of methoxy groups -OCH3 is 1. The van der Waals surface area contributed by atoms with Crippen LogP contribution in [0.1, 0.15) is 10.7 Å². The van der Waals surface area contributed by atoms with Gasteiger partial charge in [0.15, 0.2) is 5.76 Å². The van der Waals surface area contributed by atoms with Crippen molar-refractivity contribution >= 4 is 5.97 Å². The molecule has 0 bridgehead atoms. The van der Waals surface area contributed by atoms with E-state index >= 15 is 0 Å². The average molecular weight is 219 g/mol. The minimum Gasteiger partial charge on any atom is -0.497 e. The van der Waals surface area contributed by atoms with Crippen molar-refractivity contribution in [2.24, 2.45) is 0 Å². The van der Waals surface area contributed by atoms with E-state index in [9.17, 15) is 4.79 Å². The Morgan fingerprint density at radius 1 is 1.50 bits per heavy atom. The van der Waals surface area contributed by atoms with Gasteiger partial charge in [-0.25, -0.2) is 9.78 Å². The summed E-state index contributed by atoms with van der Waals surface area (Å²) < 4.78 is 10.1. The van der Waals surface area contributed by atoms with Crippen molar-refractivity contribution in [1.29, 1.82) is 0 Å². The first kappa shape index (κ1) is 10.2. The van der Waals surface area contributed by atoms with Crippen LogP contribution in [0, 0.1) is 0 Å². The van der Waals surface area contributed by atoms with Gasteiger partial charge in [-0.3, -0.25) is 0 Å². The fourth-order valence-corrected chi connectivity index (χ4v) is 1.28. The zero-order valence-corrected chi connectivity index (χ0v) is 8.51. The lowest BCUT2D eigenvalue weighted by Crippen LogP contribution is -1.94. The number of benzene rings is 1. The van der Waals surface area contributed by atoms with Gasteiger partial charge in [0.1, 0.15) is 5.75 Å². The van der Waals surface area contributed by atoms with Gasteiger partial charge in [-0.2, -0.15) is 0 Å². The number of hydrogen-bond acceptors (Lipinski definition) is 4. The normalized spacial score (nSPS) is 10.1. The summed E-state index contributed by atoms with van der Waals surface area (Å²) in [7, 11) is 1.56. The molecule has 0 fully saturated rings. The SMILES string of the molecule is COc1cccc(-c2cnc(C(=O)O)o2)c1. The van der Waals surface area contributed by atoms with Gasteiger partial charge in [0.25, 0.3) is 0 Å². The zero-order chi connectivity index (χ0) is 11.5. The third kappa shape index (κ3) is 1.88. The minimum absolute atomic E-state index is 0.321. The van der Waals surface area contributed by atoms with Crippen LogP contribution in [0.15, 0.2) is 34.9 Å². The van der Waals surface area contributed by atoms with Crippen LogP contribution in [0.5, 0.6) is 5.75 Å². The highest BCUT2D eigenvalue weighted by Gasteiger charge is 2.12. The number of carboxylic acid groups (broad SMARTS) is 1. The maximum absolute atomic E-state index is 10.6. The lowest BCUT2D eigenvalue weighted by Gasteiger charge is -2.00. The van der Waals surface area contributed by atoms with E-state index < -0.39 is 5.97 Å². The van der Waals surface area contributed by atoms with Crippen molar-refractivity contribution in [3.8, 4) is 17.1 Å². The molecule has 0 amide bonds. The molecule has 0 aliphatic heterocycles. The predicted octanol–water partition coefficient (Wildman–Crippen LogP) is 2.05. The maximum atomic E-state index is 10.6. The summed E-state index contributed by atoms with van der Waals surface area (Å²) in [6.07, 6.45) is 1.37. The third-order valence-corrected chi connectivity index (χ3v) is 2.04. The number of carbonyl (C=O) groups is 1. The van der Waals surface area contributed by atoms with Crippen molar-refractivity contribution in [3.05, 3.63) is 36.4 Å². The summed E-state index contributed by atoms with van der Waals surface area (Å²) in [5.74, 6) is -0.436. The lowest BCUT2D eigenvalue weighted by molar-refractivity contribution is 0.0654. The van der Waals surface area contributed by atoms with Crippen LogP contribution >= 0.6 is 0 Å². The van der Waals surface area contributed by atoms with Crippen LogP contribution in [-0.4, -0.2) is 23.2 Å². The second-order valence-electron chi connectivity index (χ2n) is 3.07. The Balaban J connectivity index is 2.38. The molecule has 0 radical (unpaired) electrons. The van der Waals surface area contributed by atoms with Crippen LogP contribution in [0.25, 0.3) is 11.3 Å². The Kier molecular flexibility index (Phi) is 2.59. The molecular formula is C11H9NO4. The smallest absolute Gasteiger partial charge is 0.392 e. The van der Waals surface area contributed by atoms with Crippen LogP contribution in [0.2, 0.25) is 0 Å². The van der Waals surface area contributed by atoms with Gasteiger partial charge >= 0.3 is 11.9 Å². The Bertz CT molecular complexity index is 518. The molecule has 5 nitrogen and oxygen atoms in total. The predicted molar refractivity (Wildman–Crippen MR) is 55.5 cm³/mol. The van der Waals surface area contributed by atoms with E-state index in [4.69, 9.17) is 14.3 Å². The fourth-order valence-electron chi connectivity index (χ4n) is 1.28. The van der Waals surface area contributed by atoms with Gasteiger partial charge in [0.05, 0.1) is 13.3 Å². The Labute approximate surface area is 91.3 Å². The molecule has 1 aromatic heterocycles. The molecule has 0 spiro atoms. The van der Waals surface area contributed by atoms with Crippen molar-refractivity contribution < 1.29 is 19.1 Å². The lowest BCUT2D eigenvalue weighted by atomic mass is 10.2. The third-order valence-electron chi connectivity index (χ3n) is 2.04. The average Bonchev–Trinajstić information content (AvgIpc) is 2.78. The molecule has 0 aliphatic carbocycles. The molecule has 0 aliphatic rings. The summed E-state index contributed by atoms with van der Waals surface area (Å²) in [5, 5.41) is 8.66. The van der Waals surface area contributed by atoms with E-state index in [0.29, 0.717) is 11.5 Å². The van der Waals surface area contributed by atoms with Crippen molar-refractivity contribution in [2.75, 3.05) is 7.11 Å². The van der Waals surface area contributed by atoms with Crippen LogP contribution in [0.3, 0.4) is 0 Å². The van der Waals surface area contributed by atoms with E-state index in [-0.39, 0.29) is 5.89 Å². The molecule has 5 heteroatoms. The van der Waals surface area contributed by atoms with Gasteiger partial charge in [0, 0.05) is 5.56 Å². The van der Waals surface area contributed by atoms with E-state index in [0.717, 1.165) is 5.56 Å². The number of nitrogens with zero attached hydrogens (tertiary/aromatic N) is 1. The Hall–Kier alpha value is -2.30. The summed E-state index contributed by atoms with van der Waals surface area (Å²) in [5.41, 5.74) is 0.722. The molecular weight excluding hydrogens is 210 g/mol. The number of aromatic nitrogens is 1. The Morgan fingerprint density at radius 3 is 2.94 bits per heavy atom. The van der Waals surface area contributed by atoms with Gasteiger partial charge < -0.3 is 14.3 Å². The second-order valence-corrected chi connectivity index (χ2v) is 3.07. The number of hydrogen-bond donors (Lipinski definition) is 1. The van der Waals surface area contributed by atoms with E-state index in [2.05, 4.69) is 4.98 Å². The van der Waals surface area contributed by atoms with Gasteiger partial charge in [-0.05, 0) is 12.1 Å². The molecule has 2 aromatic rings. The number of carboxylic acids is 1. The highest BCUT2D eigenvalue weighted by Crippen LogP contribution is 2.24. The molecule has 0 saturated heterocycles. The second kappa shape index (κ2) is 4.06. The summed E-state index contributed by atoms with van der Waals surface area (Å²) in [6, 6.07) is 7.11. The van der Waals surface area contributed by atoms with Crippen LogP contribution < -0.4 is 4.74 Å². The van der Waals surface area contributed by atoms with Crippen molar-refractivity contribution in [1.82, 2.24) is 4.98 Å². The van der Waals surface area contributed by atoms with Crippen molar-refractivity contribution in [2.45, 2.75) is 0 Å². The molecule has 16 heavy (non-hydrogen) atoms.